The first-order valence-corrected chi connectivity index (χ1v) is 16.0. The Morgan fingerprint density at radius 2 is 1.08 bits per heavy atom. The maximum absolute atomic E-state index is 11.2. The van der Waals surface area contributed by atoms with E-state index in [0.717, 1.165) is 0 Å². The molecule has 1 aromatic carbocycles. The van der Waals surface area contributed by atoms with Crippen molar-refractivity contribution in [3.63, 3.8) is 0 Å². The quantitative estimate of drug-likeness (QED) is 0.102. The first-order valence-electron chi connectivity index (χ1n) is 9.09. The Hall–Kier alpha value is 0.348. The molecule has 0 unspecified atom stereocenters. The van der Waals surface area contributed by atoms with Crippen LogP contribution in [0.1, 0.15) is 76.7 Å². The Morgan fingerprint density at radius 1 is 0.692 bits per heavy atom. The van der Waals surface area contributed by atoms with Gasteiger partial charge in [0.2, 0.25) is 0 Å². The first-order chi connectivity index (χ1) is 11.8. The summed E-state index contributed by atoms with van der Waals surface area (Å²) in [7, 11) is 0. The molecule has 1 aromatic rings. The Morgan fingerprint density at radius 3 is 1.50 bits per heavy atom. The van der Waals surface area contributed by atoms with E-state index in [2.05, 4.69) is 53.8 Å². The predicted molar refractivity (Wildman–Crippen MR) is 107 cm³/mol. The number of hydrogen-bond donors (Lipinski definition) is 0. The van der Waals surface area contributed by atoms with Crippen LogP contribution in [0.4, 0.5) is 16.9 Å². The zero-order valence-corrected chi connectivity index (χ0v) is 19.9. The molecule has 0 spiro atoms. The summed E-state index contributed by atoms with van der Waals surface area (Å²) < 4.78 is 61.0. The molecule has 0 aliphatic heterocycles. The average Bonchev–Trinajstić information content (AvgIpc) is 2.48. The summed E-state index contributed by atoms with van der Waals surface area (Å²) in [6, 6.07) is 8.78. The van der Waals surface area contributed by atoms with Crippen LogP contribution in [-0.4, -0.2) is 19.5 Å². The minimum atomic E-state index is -11.2. The Kier molecular flexibility index (Phi) is 11.5. The van der Waals surface area contributed by atoms with E-state index in [9.17, 15) is 16.9 Å². The van der Waals surface area contributed by atoms with Crippen molar-refractivity contribution in [3.8, 4) is 0 Å². The van der Waals surface area contributed by atoms with Crippen LogP contribution in [0.15, 0.2) is 24.3 Å². The summed E-state index contributed by atoms with van der Waals surface area (Å²) in [5, 5.41) is 0. The van der Waals surface area contributed by atoms with Crippen molar-refractivity contribution in [2.24, 2.45) is 0 Å². The van der Waals surface area contributed by atoms with Gasteiger partial charge in [0.15, 0.2) is 0 Å². The van der Waals surface area contributed by atoms with Crippen LogP contribution in [0.5, 0.6) is 0 Å². The van der Waals surface area contributed by atoms with Crippen molar-refractivity contribution in [2.75, 3.05) is 0 Å². The number of rotatable bonds is 11. The molecular formula is C18H29F6ISb-. The van der Waals surface area contributed by atoms with Gasteiger partial charge in [0.1, 0.15) is 0 Å². The van der Waals surface area contributed by atoms with Crippen molar-refractivity contribution < 1.29 is 16.9 Å². The summed E-state index contributed by atoms with van der Waals surface area (Å²) in [4.78, 5) is 0. The van der Waals surface area contributed by atoms with Gasteiger partial charge in [-0.2, -0.15) is 0 Å². The summed E-state index contributed by atoms with van der Waals surface area (Å²) >= 11 is -8.80. The zero-order chi connectivity index (χ0) is 20.2. The SMILES string of the molecule is CCCCCCCCCCCCc1ccccc1I.[F][Sb-]([F])([F])([F])([F])[F]. The van der Waals surface area contributed by atoms with Crippen LogP contribution in [0.2, 0.25) is 0 Å². The zero-order valence-electron chi connectivity index (χ0n) is 15.2. The summed E-state index contributed by atoms with van der Waals surface area (Å²) in [6.45, 7) is 2.29. The molecule has 0 N–H and O–H groups in total. The van der Waals surface area contributed by atoms with Crippen LogP contribution in [0.3, 0.4) is 0 Å². The van der Waals surface area contributed by atoms with Gasteiger partial charge in [0.05, 0.1) is 0 Å². The normalized spacial score (nSPS) is 14.2. The van der Waals surface area contributed by atoms with Crippen molar-refractivity contribution in [3.05, 3.63) is 33.4 Å². The molecule has 0 amide bonds. The van der Waals surface area contributed by atoms with E-state index in [-0.39, 0.29) is 0 Å². The number of halogens is 7. The molecule has 0 saturated carbocycles. The van der Waals surface area contributed by atoms with Gasteiger partial charge in [0.25, 0.3) is 0 Å². The van der Waals surface area contributed by atoms with Crippen LogP contribution in [0, 0.1) is 3.57 Å². The molecule has 0 nitrogen and oxygen atoms in total. The van der Waals surface area contributed by atoms with Crippen molar-refractivity contribution in [1.29, 1.82) is 0 Å². The van der Waals surface area contributed by atoms with Crippen LogP contribution in [0.25, 0.3) is 0 Å². The van der Waals surface area contributed by atoms with E-state index in [1.807, 2.05) is 0 Å². The molecule has 26 heavy (non-hydrogen) atoms. The number of hydrogen-bond acceptors (Lipinski definition) is 0. The van der Waals surface area contributed by atoms with Gasteiger partial charge in [-0.15, -0.1) is 0 Å². The standard InChI is InChI=1S/C18H29I.6FH.Sb/c1-2-3-4-5-6-7-8-9-10-11-14-17-15-12-13-16-18(17)19;;;;;;;/h12-13,15-16H,2-11,14H2,1H3;6*1H;/q;;;;;;;+5/p-6. The van der Waals surface area contributed by atoms with Crippen LogP contribution in [-0.2, 0) is 6.42 Å². The molecular weight excluding hydrogens is 579 g/mol. The van der Waals surface area contributed by atoms with Crippen molar-refractivity contribution in [2.45, 2.75) is 77.6 Å². The molecule has 0 bridgehead atoms. The van der Waals surface area contributed by atoms with Crippen LogP contribution < -0.4 is 0 Å². The molecule has 0 fully saturated rings. The van der Waals surface area contributed by atoms with Gasteiger partial charge in [-0.05, 0) is 47.1 Å². The summed E-state index contributed by atoms with van der Waals surface area (Å²) in [5.41, 5.74) is 1.53. The molecule has 0 saturated heterocycles. The molecule has 1 rings (SSSR count). The van der Waals surface area contributed by atoms with Gasteiger partial charge in [-0.3, -0.25) is 0 Å². The monoisotopic (exact) mass is 607 g/mol. The fourth-order valence-corrected chi connectivity index (χ4v) is 3.16. The number of aryl methyl sites for hydroxylation is 1. The Bertz CT molecular complexity index is 490. The predicted octanol–water partition coefficient (Wildman–Crippen LogP) is 8.89. The number of benzene rings is 1. The summed E-state index contributed by atoms with van der Waals surface area (Å²) in [5.74, 6) is 0. The molecule has 156 valence electrons. The van der Waals surface area contributed by atoms with Gasteiger partial charge in [-0.25, -0.2) is 0 Å². The molecule has 8 heteroatoms. The second-order valence-electron chi connectivity index (χ2n) is 6.48. The minimum absolute atomic E-state index is 1.26. The topological polar surface area (TPSA) is 0 Å². The van der Waals surface area contributed by atoms with E-state index in [4.69, 9.17) is 0 Å². The molecule has 0 aliphatic carbocycles. The second kappa shape index (κ2) is 11.4. The molecule has 0 radical (unpaired) electrons. The molecule has 0 heterocycles. The van der Waals surface area contributed by atoms with Gasteiger partial charge in [0, 0.05) is 3.57 Å². The van der Waals surface area contributed by atoms with E-state index in [1.165, 1.54) is 79.8 Å². The van der Waals surface area contributed by atoms with Gasteiger partial charge >= 0.3 is 36.4 Å². The van der Waals surface area contributed by atoms with Crippen molar-refractivity contribution in [1.82, 2.24) is 0 Å². The molecule has 0 aliphatic rings. The van der Waals surface area contributed by atoms with Crippen molar-refractivity contribution >= 4 is 42.1 Å². The van der Waals surface area contributed by atoms with E-state index < -0.39 is 19.5 Å². The van der Waals surface area contributed by atoms with Gasteiger partial charge < -0.3 is 0 Å². The number of unbranched alkanes of at least 4 members (excludes halogenated alkanes) is 9. The molecule has 0 atom stereocenters. The third-order valence-electron chi connectivity index (χ3n) is 3.76. The Balaban J connectivity index is 0.000000758. The fourth-order valence-electron chi connectivity index (χ4n) is 2.50. The average molecular weight is 608 g/mol. The van der Waals surface area contributed by atoms with Crippen LogP contribution >= 0.6 is 22.6 Å². The van der Waals surface area contributed by atoms with Gasteiger partial charge in [-0.1, -0.05) is 82.9 Å². The maximum atomic E-state index is 9.93. The summed E-state index contributed by atoms with van der Waals surface area (Å²) in [6.07, 6.45) is 15.5. The second-order valence-corrected chi connectivity index (χ2v) is 13.1. The Labute approximate surface area is 169 Å². The van der Waals surface area contributed by atoms with E-state index in [1.54, 1.807) is 0 Å². The third kappa shape index (κ3) is 24.3. The fraction of sp³-hybridized carbons (Fsp3) is 0.667. The van der Waals surface area contributed by atoms with E-state index >= 15 is 0 Å². The first kappa shape index (κ1) is 26.3. The third-order valence-corrected chi connectivity index (χ3v) is 4.81. The molecule has 0 aromatic heterocycles. The van der Waals surface area contributed by atoms with E-state index in [0.29, 0.717) is 0 Å².